The van der Waals surface area contributed by atoms with Crippen molar-refractivity contribution in [2.45, 2.75) is 0 Å². The van der Waals surface area contributed by atoms with E-state index in [4.69, 9.17) is 0 Å². The molecular formula is C3H8NO3S. The lowest BCUT2D eigenvalue weighted by molar-refractivity contribution is 0.199. The minimum Gasteiger partial charge on any atom is -0.235 e. The number of nitrogens with one attached hydrogen (secondary N) is 1. The van der Waals surface area contributed by atoms with Crippen LogP contribution in [0.3, 0.4) is 0 Å². The van der Waals surface area contributed by atoms with Gasteiger partial charge in [0, 0.05) is 6.54 Å². The van der Waals surface area contributed by atoms with Crippen molar-refractivity contribution in [3.63, 3.8) is 0 Å². The molecule has 0 atom stereocenters. The average molecular weight is 138 g/mol. The van der Waals surface area contributed by atoms with E-state index < -0.39 is 16.6 Å². The van der Waals surface area contributed by atoms with Crippen molar-refractivity contribution >= 4 is 10.0 Å². The van der Waals surface area contributed by atoms with Gasteiger partial charge < -0.3 is 0 Å². The first-order valence-corrected chi connectivity index (χ1v) is 3.98. The van der Waals surface area contributed by atoms with Crippen molar-refractivity contribution in [3.05, 3.63) is 0 Å². The summed E-state index contributed by atoms with van der Waals surface area (Å²) < 4.78 is 22.3. The first kappa shape index (κ1) is 7.87. The Morgan fingerprint density at radius 2 is 2.00 bits per heavy atom. The summed E-state index contributed by atoms with van der Waals surface area (Å²) in [7, 11) is -3.14. The summed E-state index contributed by atoms with van der Waals surface area (Å²) >= 11 is 0. The molecule has 5 heteroatoms. The lowest BCUT2D eigenvalue weighted by Crippen LogP contribution is -2.24. The molecule has 0 aliphatic carbocycles. The lowest BCUT2D eigenvalue weighted by Gasteiger charge is -1.93. The van der Waals surface area contributed by atoms with Gasteiger partial charge in [0.15, 0.2) is 0 Å². The lowest BCUT2D eigenvalue weighted by atomic mass is 10.8. The normalized spacial score (nSPS) is 11.8. The van der Waals surface area contributed by atoms with Crippen LogP contribution in [-0.4, -0.2) is 27.8 Å². The van der Waals surface area contributed by atoms with Crippen molar-refractivity contribution in [2.75, 3.05) is 19.4 Å². The zero-order valence-corrected chi connectivity index (χ0v) is 5.36. The SMILES string of the molecule is CS(=O)(=O)NCC[O]. The van der Waals surface area contributed by atoms with Gasteiger partial charge in [-0.15, -0.1) is 0 Å². The number of sulfonamides is 1. The van der Waals surface area contributed by atoms with E-state index in [0.29, 0.717) is 0 Å². The summed E-state index contributed by atoms with van der Waals surface area (Å²) in [6.07, 6.45) is 1.02. The Morgan fingerprint density at radius 3 is 2.12 bits per heavy atom. The molecule has 49 valence electrons. The molecule has 0 amide bonds. The second-order valence-corrected chi connectivity index (χ2v) is 3.20. The van der Waals surface area contributed by atoms with E-state index in [1.54, 1.807) is 0 Å². The third-order valence-electron chi connectivity index (χ3n) is 0.466. The van der Waals surface area contributed by atoms with Gasteiger partial charge in [0.25, 0.3) is 0 Å². The average Bonchev–Trinajstić information content (AvgIpc) is 1.59. The zero-order valence-electron chi connectivity index (χ0n) is 4.55. The van der Waals surface area contributed by atoms with Crippen LogP contribution in [0, 0.1) is 0 Å². The van der Waals surface area contributed by atoms with Crippen LogP contribution in [0.5, 0.6) is 0 Å². The Bertz CT molecular complexity index is 139. The van der Waals surface area contributed by atoms with E-state index in [0.717, 1.165) is 6.26 Å². The van der Waals surface area contributed by atoms with Crippen LogP contribution >= 0.6 is 0 Å². The maximum absolute atomic E-state index is 10.1. The second kappa shape index (κ2) is 3.01. The predicted molar refractivity (Wildman–Crippen MR) is 28.4 cm³/mol. The smallest absolute Gasteiger partial charge is 0.208 e. The van der Waals surface area contributed by atoms with Gasteiger partial charge in [-0.2, -0.15) is 0 Å². The molecular weight excluding hydrogens is 130 g/mol. The standard InChI is InChI=1S/C3H8NO3S/c1-8(6,7)4-2-3-5/h4H,2-3H2,1H3. The molecule has 8 heavy (non-hydrogen) atoms. The molecule has 1 radical (unpaired) electrons. The Morgan fingerprint density at radius 1 is 1.50 bits per heavy atom. The third-order valence-corrected chi connectivity index (χ3v) is 1.19. The fraction of sp³-hybridized carbons (Fsp3) is 1.00. The first-order valence-electron chi connectivity index (χ1n) is 2.09. The van der Waals surface area contributed by atoms with E-state index in [9.17, 15) is 13.5 Å². The topological polar surface area (TPSA) is 66.1 Å². The van der Waals surface area contributed by atoms with Gasteiger partial charge in [0.2, 0.25) is 10.0 Å². The molecule has 0 heterocycles. The Kier molecular flexibility index (Phi) is 2.96. The molecule has 0 aliphatic rings. The van der Waals surface area contributed by atoms with E-state index in [1.807, 2.05) is 4.72 Å². The highest BCUT2D eigenvalue weighted by atomic mass is 32.2. The quantitative estimate of drug-likeness (QED) is 0.541. The van der Waals surface area contributed by atoms with Gasteiger partial charge in [-0.25, -0.2) is 18.2 Å². The number of hydrogen-bond donors (Lipinski definition) is 1. The zero-order chi connectivity index (χ0) is 6.62. The Balaban J connectivity index is 3.42. The van der Waals surface area contributed by atoms with Gasteiger partial charge in [-0.3, -0.25) is 0 Å². The van der Waals surface area contributed by atoms with E-state index in [2.05, 4.69) is 0 Å². The fourth-order valence-electron chi connectivity index (χ4n) is 0.227. The molecule has 4 nitrogen and oxygen atoms in total. The molecule has 1 N–H and O–H groups in total. The maximum atomic E-state index is 10.1. The van der Waals surface area contributed by atoms with Gasteiger partial charge in [-0.05, 0) is 0 Å². The van der Waals surface area contributed by atoms with Gasteiger partial charge in [-0.1, -0.05) is 0 Å². The summed E-state index contributed by atoms with van der Waals surface area (Å²) in [6.45, 7) is -0.425. The number of rotatable bonds is 3. The summed E-state index contributed by atoms with van der Waals surface area (Å²) in [5.41, 5.74) is 0. The van der Waals surface area contributed by atoms with Crippen molar-refractivity contribution < 1.29 is 13.5 Å². The molecule has 0 saturated carbocycles. The Labute approximate surface area is 48.6 Å². The Hall–Kier alpha value is -0.130. The highest BCUT2D eigenvalue weighted by molar-refractivity contribution is 7.88. The van der Waals surface area contributed by atoms with Crippen LogP contribution in [-0.2, 0) is 15.1 Å². The maximum Gasteiger partial charge on any atom is 0.208 e. The fourth-order valence-corrected chi connectivity index (χ4v) is 0.681. The second-order valence-electron chi connectivity index (χ2n) is 1.37. The molecule has 0 bridgehead atoms. The predicted octanol–water partition coefficient (Wildman–Crippen LogP) is -1.03. The molecule has 0 unspecified atom stereocenters. The van der Waals surface area contributed by atoms with Crippen LogP contribution in [0.1, 0.15) is 0 Å². The highest BCUT2D eigenvalue weighted by Gasteiger charge is 1.95. The molecule has 0 aromatic carbocycles. The summed E-state index contributed by atoms with van der Waals surface area (Å²) in [5, 5.41) is 9.65. The minimum absolute atomic E-state index is 0.0150. The molecule has 0 aliphatic heterocycles. The molecule has 0 rings (SSSR count). The van der Waals surface area contributed by atoms with Crippen LogP contribution in [0.4, 0.5) is 0 Å². The summed E-state index contributed by atoms with van der Waals surface area (Å²) in [5.74, 6) is 0. The van der Waals surface area contributed by atoms with Gasteiger partial charge >= 0.3 is 0 Å². The minimum atomic E-state index is -3.14. The molecule has 0 aromatic rings. The van der Waals surface area contributed by atoms with Gasteiger partial charge in [0.1, 0.15) is 0 Å². The van der Waals surface area contributed by atoms with Crippen molar-refractivity contribution in [3.8, 4) is 0 Å². The monoisotopic (exact) mass is 138 g/mol. The van der Waals surface area contributed by atoms with Crippen molar-refractivity contribution in [1.29, 1.82) is 0 Å². The van der Waals surface area contributed by atoms with E-state index in [-0.39, 0.29) is 6.54 Å². The van der Waals surface area contributed by atoms with Crippen LogP contribution < -0.4 is 4.72 Å². The molecule has 0 fully saturated rings. The van der Waals surface area contributed by atoms with E-state index >= 15 is 0 Å². The third kappa shape index (κ3) is 5.87. The molecule has 0 aromatic heterocycles. The largest absolute Gasteiger partial charge is 0.235 e. The van der Waals surface area contributed by atoms with E-state index in [1.165, 1.54) is 0 Å². The van der Waals surface area contributed by atoms with Crippen molar-refractivity contribution in [2.24, 2.45) is 0 Å². The van der Waals surface area contributed by atoms with Crippen LogP contribution in [0.25, 0.3) is 0 Å². The first-order chi connectivity index (χ1) is 3.56. The molecule has 0 spiro atoms. The summed E-state index contributed by atoms with van der Waals surface area (Å²) in [6, 6.07) is 0. The highest BCUT2D eigenvalue weighted by Crippen LogP contribution is 1.69. The number of hydrogen-bond acceptors (Lipinski definition) is 2. The summed E-state index contributed by atoms with van der Waals surface area (Å²) in [4.78, 5) is 0. The van der Waals surface area contributed by atoms with Crippen molar-refractivity contribution in [1.82, 2.24) is 4.72 Å². The van der Waals surface area contributed by atoms with Gasteiger partial charge in [0.05, 0.1) is 12.9 Å². The molecule has 0 saturated heterocycles. The van der Waals surface area contributed by atoms with Crippen LogP contribution in [0.15, 0.2) is 0 Å². The van der Waals surface area contributed by atoms with Crippen LogP contribution in [0.2, 0.25) is 0 Å².